The molecule has 2 rings (SSSR count). The zero-order valence-corrected chi connectivity index (χ0v) is 12.8. The second-order valence-corrected chi connectivity index (χ2v) is 5.75. The van der Waals surface area contributed by atoms with Crippen LogP contribution < -0.4 is 5.73 Å². The fourth-order valence-electron chi connectivity index (χ4n) is 3.26. The monoisotopic (exact) mass is 278 g/mol. The van der Waals surface area contributed by atoms with Crippen LogP contribution >= 0.6 is 0 Å². The highest BCUT2D eigenvalue weighted by Gasteiger charge is 2.31. The van der Waals surface area contributed by atoms with Gasteiger partial charge in [-0.1, -0.05) is 12.8 Å². The van der Waals surface area contributed by atoms with Crippen molar-refractivity contribution >= 4 is 5.91 Å². The molecule has 0 aliphatic heterocycles. The molecule has 2 unspecified atom stereocenters. The van der Waals surface area contributed by atoms with Gasteiger partial charge in [-0.2, -0.15) is 5.10 Å². The molecule has 0 spiro atoms. The summed E-state index contributed by atoms with van der Waals surface area (Å²) in [4.78, 5) is 14.6. The Labute approximate surface area is 121 Å². The second kappa shape index (κ2) is 6.39. The zero-order chi connectivity index (χ0) is 14.7. The van der Waals surface area contributed by atoms with E-state index in [1.165, 1.54) is 12.8 Å². The molecule has 0 saturated heterocycles. The van der Waals surface area contributed by atoms with E-state index in [0.717, 1.165) is 18.5 Å². The predicted molar refractivity (Wildman–Crippen MR) is 79.5 cm³/mol. The molecule has 0 bridgehead atoms. The predicted octanol–water partition coefficient (Wildman–Crippen LogP) is 1.80. The number of nitrogens with two attached hydrogens (primary N) is 1. The molecular formula is C15H26N4O. The first-order valence-corrected chi connectivity index (χ1v) is 7.60. The number of hydrogen-bond donors (Lipinski definition) is 1. The van der Waals surface area contributed by atoms with Gasteiger partial charge in [0.05, 0.1) is 5.69 Å². The average molecular weight is 278 g/mol. The minimum atomic E-state index is 0.0674. The van der Waals surface area contributed by atoms with Crippen molar-refractivity contribution in [3.05, 3.63) is 17.5 Å². The molecule has 1 saturated carbocycles. The molecular weight excluding hydrogens is 252 g/mol. The van der Waals surface area contributed by atoms with Crippen LogP contribution in [-0.4, -0.2) is 40.2 Å². The van der Waals surface area contributed by atoms with Gasteiger partial charge in [0.25, 0.3) is 5.91 Å². The average Bonchev–Trinajstić information content (AvgIpc) is 2.86. The molecule has 1 fully saturated rings. The van der Waals surface area contributed by atoms with E-state index in [4.69, 9.17) is 5.73 Å². The van der Waals surface area contributed by atoms with Crippen molar-refractivity contribution in [1.29, 1.82) is 0 Å². The maximum atomic E-state index is 12.7. The number of rotatable bonds is 4. The van der Waals surface area contributed by atoms with E-state index < -0.39 is 0 Å². The van der Waals surface area contributed by atoms with Crippen LogP contribution in [0, 0.1) is 12.8 Å². The number of aryl methyl sites for hydroxylation is 2. The van der Waals surface area contributed by atoms with Crippen molar-refractivity contribution < 1.29 is 4.79 Å². The van der Waals surface area contributed by atoms with Crippen LogP contribution in [0.5, 0.6) is 0 Å². The van der Waals surface area contributed by atoms with Gasteiger partial charge < -0.3 is 10.6 Å². The third kappa shape index (κ3) is 2.87. The summed E-state index contributed by atoms with van der Waals surface area (Å²) in [5, 5.41) is 4.36. The first-order valence-electron chi connectivity index (χ1n) is 7.60. The summed E-state index contributed by atoms with van der Waals surface area (Å²) < 4.78 is 1.79. The van der Waals surface area contributed by atoms with E-state index in [-0.39, 0.29) is 11.9 Å². The van der Waals surface area contributed by atoms with E-state index in [1.807, 2.05) is 31.9 Å². The highest BCUT2D eigenvalue weighted by Crippen LogP contribution is 2.28. The molecule has 2 atom stereocenters. The SMILES string of the molecule is CCn1nc(C)cc1C(=O)N(C)C1CCCCC1CN. The number of amides is 1. The van der Waals surface area contributed by atoms with E-state index >= 15 is 0 Å². The number of carbonyl (C=O) groups is 1. The van der Waals surface area contributed by atoms with Gasteiger partial charge in [-0.3, -0.25) is 9.48 Å². The molecule has 0 radical (unpaired) electrons. The van der Waals surface area contributed by atoms with E-state index in [1.54, 1.807) is 4.68 Å². The summed E-state index contributed by atoms with van der Waals surface area (Å²) in [7, 11) is 1.91. The van der Waals surface area contributed by atoms with Crippen molar-refractivity contribution in [3.8, 4) is 0 Å². The van der Waals surface area contributed by atoms with Gasteiger partial charge in [0.2, 0.25) is 0 Å². The Bertz CT molecular complexity index is 468. The Morgan fingerprint density at radius 1 is 1.50 bits per heavy atom. The Balaban J connectivity index is 2.18. The summed E-state index contributed by atoms with van der Waals surface area (Å²) in [6, 6.07) is 2.14. The molecule has 112 valence electrons. The molecule has 1 aliphatic rings. The highest BCUT2D eigenvalue weighted by molar-refractivity contribution is 5.92. The minimum absolute atomic E-state index is 0.0674. The number of aromatic nitrogens is 2. The Kier molecular flexibility index (Phi) is 4.81. The van der Waals surface area contributed by atoms with E-state index in [0.29, 0.717) is 24.7 Å². The lowest BCUT2D eigenvalue weighted by atomic mass is 9.83. The van der Waals surface area contributed by atoms with Crippen LogP contribution in [0.4, 0.5) is 0 Å². The first kappa shape index (κ1) is 15.0. The quantitative estimate of drug-likeness (QED) is 0.913. The largest absolute Gasteiger partial charge is 0.337 e. The van der Waals surface area contributed by atoms with Gasteiger partial charge in [-0.05, 0) is 45.2 Å². The number of carbonyl (C=O) groups excluding carboxylic acids is 1. The van der Waals surface area contributed by atoms with Crippen LogP contribution in [-0.2, 0) is 6.54 Å². The fourth-order valence-corrected chi connectivity index (χ4v) is 3.26. The van der Waals surface area contributed by atoms with Crippen LogP contribution in [0.2, 0.25) is 0 Å². The third-order valence-electron chi connectivity index (χ3n) is 4.41. The van der Waals surface area contributed by atoms with Gasteiger partial charge in [-0.25, -0.2) is 0 Å². The van der Waals surface area contributed by atoms with Crippen molar-refractivity contribution in [1.82, 2.24) is 14.7 Å². The lowest BCUT2D eigenvalue weighted by Crippen LogP contribution is -2.46. The molecule has 1 amide bonds. The third-order valence-corrected chi connectivity index (χ3v) is 4.41. The second-order valence-electron chi connectivity index (χ2n) is 5.75. The topological polar surface area (TPSA) is 64.2 Å². The zero-order valence-electron chi connectivity index (χ0n) is 12.8. The molecule has 1 heterocycles. The van der Waals surface area contributed by atoms with E-state index in [9.17, 15) is 4.79 Å². The minimum Gasteiger partial charge on any atom is -0.337 e. The van der Waals surface area contributed by atoms with Crippen molar-refractivity contribution in [2.75, 3.05) is 13.6 Å². The molecule has 2 N–H and O–H groups in total. The van der Waals surface area contributed by atoms with Crippen LogP contribution in [0.1, 0.15) is 48.8 Å². The summed E-state index contributed by atoms with van der Waals surface area (Å²) in [6.45, 7) is 5.31. The summed E-state index contributed by atoms with van der Waals surface area (Å²) >= 11 is 0. The number of nitrogens with zero attached hydrogens (tertiary/aromatic N) is 3. The normalized spacial score (nSPS) is 22.8. The lowest BCUT2D eigenvalue weighted by Gasteiger charge is -2.37. The van der Waals surface area contributed by atoms with Gasteiger partial charge in [0.15, 0.2) is 0 Å². The molecule has 20 heavy (non-hydrogen) atoms. The maximum absolute atomic E-state index is 12.7. The maximum Gasteiger partial charge on any atom is 0.272 e. The molecule has 5 heteroatoms. The molecule has 0 aromatic carbocycles. The van der Waals surface area contributed by atoms with Gasteiger partial charge in [0.1, 0.15) is 5.69 Å². The van der Waals surface area contributed by atoms with Crippen molar-refractivity contribution in [2.24, 2.45) is 11.7 Å². The lowest BCUT2D eigenvalue weighted by molar-refractivity contribution is 0.0608. The molecule has 5 nitrogen and oxygen atoms in total. The molecule has 1 aromatic rings. The van der Waals surface area contributed by atoms with Gasteiger partial charge in [-0.15, -0.1) is 0 Å². The smallest absolute Gasteiger partial charge is 0.272 e. The standard InChI is InChI=1S/C15H26N4O/c1-4-19-14(9-11(2)17-19)15(20)18(3)13-8-6-5-7-12(13)10-16/h9,12-13H,4-8,10,16H2,1-3H3. The van der Waals surface area contributed by atoms with E-state index in [2.05, 4.69) is 5.10 Å². The molecule has 1 aromatic heterocycles. The van der Waals surface area contributed by atoms with Crippen LogP contribution in [0.3, 0.4) is 0 Å². The molecule has 1 aliphatic carbocycles. The Hall–Kier alpha value is -1.36. The van der Waals surface area contributed by atoms with Gasteiger partial charge >= 0.3 is 0 Å². The highest BCUT2D eigenvalue weighted by atomic mass is 16.2. The summed E-state index contributed by atoms with van der Waals surface area (Å²) in [5.41, 5.74) is 7.45. The van der Waals surface area contributed by atoms with Crippen molar-refractivity contribution in [2.45, 2.75) is 52.1 Å². The van der Waals surface area contributed by atoms with Crippen LogP contribution in [0.25, 0.3) is 0 Å². The Morgan fingerprint density at radius 2 is 2.20 bits per heavy atom. The first-order chi connectivity index (χ1) is 9.58. The Morgan fingerprint density at radius 3 is 2.85 bits per heavy atom. The van der Waals surface area contributed by atoms with Crippen molar-refractivity contribution in [3.63, 3.8) is 0 Å². The van der Waals surface area contributed by atoms with Gasteiger partial charge in [0, 0.05) is 19.6 Å². The summed E-state index contributed by atoms with van der Waals surface area (Å²) in [6.07, 6.45) is 4.60. The summed E-state index contributed by atoms with van der Waals surface area (Å²) in [5.74, 6) is 0.495. The number of hydrogen-bond acceptors (Lipinski definition) is 3. The fraction of sp³-hybridized carbons (Fsp3) is 0.733. The van der Waals surface area contributed by atoms with Crippen LogP contribution in [0.15, 0.2) is 6.07 Å².